The Kier molecular flexibility index (Phi) is 9.06. The van der Waals surface area contributed by atoms with Gasteiger partial charge in [0.2, 0.25) is 0 Å². The van der Waals surface area contributed by atoms with Crippen molar-refractivity contribution in [2.75, 3.05) is 4.90 Å². The Bertz CT molecular complexity index is 4140. The van der Waals surface area contributed by atoms with Crippen LogP contribution in [0.25, 0.3) is 99.1 Å². The lowest BCUT2D eigenvalue weighted by Gasteiger charge is -2.42. The van der Waals surface area contributed by atoms with Crippen molar-refractivity contribution in [3.8, 4) is 39.1 Å². The fraction of sp³-hybridized carbons (Fsp3) is 0.0746. The predicted molar refractivity (Wildman–Crippen MR) is 297 cm³/mol. The van der Waals surface area contributed by atoms with Crippen molar-refractivity contribution in [2.45, 2.75) is 32.1 Å². The maximum atomic E-state index is 2.51. The molecule has 1 aliphatic heterocycles. The summed E-state index contributed by atoms with van der Waals surface area (Å²) in [5.41, 5.74) is 20.6. The fourth-order valence-corrected chi connectivity index (χ4v) is 11.8. The third kappa shape index (κ3) is 6.28. The van der Waals surface area contributed by atoms with Crippen molar-refractivity contribution in [1.82, 2.24) is 9.13 Å². The number of anilines is 3. The van der Waals surface area contributed by atoms with E-state index in [-0.39, 0.29) is 5.41 Å². The van der Waals surface area contributed by atoms with Gasteiger partial charge in [0.25, 0.3) is 0 Å². The molecule has 0 unspecified atom stereocenters. The van der Waals surface area contributed by atoms with E-state index in [2.05, 4.69) is 264 Å². The lowest BCUT2D eigenvalue weighted by molar-refractivity contribution is 0.632. The summed E-state index contributed by atoms with van der Waals surface area (Å²) < 4.78 is 4.87. The molecule has 12 aromatic rings. The van der Waals surface area contributed by atoms with E-state index in [9.17, 15) is 0 Å². The minimum absolute atomic E-state index is 0.330. The molecule has 0 bridgehead atoms. The summed E-state index contributed by atoms with van der Waals surface area (Å²) in [6.45, 7) is 4.84. The Balaban J connectivity index is 0.933. The van der Waals surface area contributed by atoms with Crippen molar-refractivity contribution in [3.63, 3.8) is 0 Å². The van der Waals surface area contributed by atoms with Crippen molar-refractivity contribution in [1.29, 1.82) is 0 Å². The first-order valence-electron chi connectivity index (χ1n) is 24.6. The molecule has 3 heterocycles. The van der Waals surface area contributed by atoms with Crippen molar-refractivity contribution in [2.24, 2.45) is 0 Å². The number of allylic oxidation sites excluding steroid dienone is 4. The highest BCUT2D eigenvalue weighted by Crippen LogP contribution is 2.54. The number of fused-ring (bicyclic) bond motifs is 9. The first-order chi connectivity index (χ1) is 34.5. The summed E-state index contributed by atoms with van der Waals surface area (Å²) in [7, 11) is 0. The smallest absolute Gasteiger partial charge is 0.0541 e. The first-order valence-corrected chi connectivity index (χ1v) is 24.6. The molecule has 14 rings (SSSR count). The summed E-state index contributed by atoms with van der Waals surface area (Å²) in [5, 5.41) is 7.53. The van der Waals surface area contributed by atoms with Crippen LogP contribution < -0.4 is 4.90 Å². The maximum Gasteiger partial charge on any atom is 0.0541 e. The van der Waals surface area contributed by atoms with E-state index in [0.29, 0.717) is 0 Å². The molecule has 3 nitrogen and oxygen atoms in total. The molecule has 2 aromatic heterocycles. The number of benzene rings is 10. The van der Waals surface area contributed by atoms with Gasteiger partial charge < -0.3 is 14.0 Å². The largest absolute Gasteiger partial charge is 0.313 e. The second-order valence-electron chi connectivity index (χ2n) is 19.7. The van der Waals surface area contributed by atoms with Crippen LogP contribution in [0.4, 0.5) is 17.1 Å². The summed E-state index contributed by atoms with van der Waals surface area (Å²) in [6, 6.07) is 81.4. The lowest BCUT2D eigenvalue weighted by Crippen LogP contribution is -2.30. The van der Waals surface area contributed by atoms with Crippen LogP contribution in [0.1, 0.15) is 37.8 Å². The molecule has 0 saturated heterocycles. The molecule has 0 fully saturated rings. The Morgan fingerprint density at radius 3 is 1.51 bits per heavy atom. The highest BCUT2D eigenvalue weighted by atomic mass is 15.2. The molecule has 0 atom stereocenters. The van der Waals surface area contributed by atoms with E-state index in [1.54, 1.807) is 0 Å². The van der Waals surface area contributed by atoms with E-state index >= 15 is 0 Å². The van der Waals surface area contributed by atoms with Crippen LogP contribution in [0.5, 0.6) is 0 Å². The summed E-state index contributed by atoms with van der Waals surface area (Å²) in [6.07, 6.45) is 8.85. The number of hydrogen-bond donors (Lipinski definition) is 0. The third-order valence-corrected chi connectivity index (χ3v) is 15.3. The Hall–Kier alpha value is -8.66. The second-order valence-corrected chi connectivity index (χ2v) is 19.7. The van der Waals surface area contributed by atoms with Gasteiger partial charge in [0.05, 0.1) is 33.4 Å². The quantitative estimate of drug-likeness (QED) is 0.162. The van der Waals surface area contributed by atoms with Gasteiger partial charge in [-0.1, -0.05) is 153 Å². The molecule has 0 spiro atoms. The summed E-state index contributed by atoms with van der Waals surface area (Å²) >= 11 is 0. The molecule has 70 heavy (non-hydrogen) atoms. The van der Waals surface area contributed by atoms with Gasteiger partial charge in [0, 0.05) is 44.0 Å². The zero-order valence-electron chi connectivity index (χ0n) is 39.3. The molecular weight excluding hydrogens is 847 g/mol. The highest BCUT2D eigenvalue weighted by Gasteiger charge is 2.38. The Morgan fingerprint density at radius 2 is 0.871 bits per heavy atom. The average molecular weight is 896 g/mol. The standard InChI is InChI=1S/C67H49N3/c1-67(2)59-42-50(48-29-34-63-57(40-48)55-22-12-14-24-61(55)68(63)52-18-8-4-9-19-52)31-36-65(59)70(54-33-28-46-38-45(26-27-47(46)39-54)44-16-6-3-7-17-44)66-37-32-51(43-60(66)67)49-30-35-64-58(41-49)56-23-13-15-25-62(56)69(64)53-20-10-5-11-21-53/h3-10,12-20,22-43H,11,21H2,1-2H3. The molecule has 332 valence electrons. The third-order valence-electron chi connectivity index (χ3n) is 15.3. The fourth-order valence-electron chi connectivity index (χ4n) is 11.8. The van der Waals surface area contributed by atoms with Gasteiger partial charge in [0.15, 0.2) is 0 Å². The first kappa shape index (κ1) is 40.4. The molecule has 10 aromatic carbocycles. The van der Waals surface area contributed by atoms with Gasteiger partial charge in [0.1, 0.15) is 0 Å². The number of para-hydroxylation sites is 3. The number of rotatable bonds is 6. The maximum absolute atomic E-state index is 2.51. The average Bonchev–Trinajstić information content (AvgIpc) is 3.94. The molecule has 0 radical (unpaired) electrons. The highest BCUT2D eigenvalue weighted by molar-refractivity contribution is 6.12. The molecule has 3 heteroatoms. The lowest BCUT2D eigenvalue weighted by atomic mass is 9.72. The molecule has 0 saturated carbocycles. The minimum Gasteiger partial charge on any atom is -0.313 e. The normalized spacial score (nSPS) is 14.1. The van der Waals surface area contributed by atoms with Crippen LogP contribution in [-0.2, 0) is 5.41 Å². The van der Waals surface area contributed by atoms with E-state index in [0.717, 1.165) is 18.5 Å². The van der Waals surface area contributed by atoms with Gasteiger partial charge in [-0.15, -0.1) is 0 Å². The van der Waals surface area contributed by atoms with Crippen LogP contribution in [-0.4, -0.2) is 9.13 Å². The summed E-state index contributed by atoms with van der Waals surface area (Å²) in [4.78, 5) is 2.51. The van der Waals surface area contributed by atoms with E-state index < -0.39 is 0 Å². The van der Waals surface area contributed by atoms with Crippen LogP contribution in [0.15, 0.2) is 237 Å². The molecule has 0 N–H and O–H groups in total. The number of nitrogens with zero attached hydrogens (tertiary/aromatic N) is 3. The van der Waals surface area contributed by atoms with Crippen molar-refractivity contribution < 1.29 is 0 Å². The second kappa shape index (κ2) is 15.7. The van der Waals surface area contributed by atoms with E-state index in [1.165, 1.54) is 122 Å². The SMILES string of the molecule is CC1(C)c2cc(-c3ccc4c(c3)c3ccccc3n4C3=CC=CCC3)ccc2N(c2ccc3cc(-c4ccccc4)ccc3c2)c2ccc(-c3ccc4c(c3)c3ccccc3n4-c3ccccc3)cc21. The van der Waals surface area contributed by atoms with Crippen molar-refractivity contribution >= 4 is 77.1 Å². The van der Waals surface area contributed by atoms with Gasteiger partial charge in [-0.3, -0.25) is 0 Å². The molecule has 0 amide bonds. The van der Waals surface area contributed by atoms with Crippen LogP contribution in [0.3, 0.4) is 0 Å². The molecule has 2 aliphatic rings. The summed E-state index contributed by atoms with van der Waals surface area (Å²) in [5.74, 6) is 0. The zero-order chi connectivity index (χ0) is 46.5. The van der Waals surface area contributed by atoms with Gasteiger partial charge in [-0.25, -0.2) is 0 Å². The minimum atomic E-state index is -0.330. The van der Waals surface area contributed by atoms with Crippen LogP contribution in [0.2, 0.25) is 0 Å². The van der Waals surface area contributed by atoms with E-state index in [4.69, 9.17) is 0 Å². The van der Waals surface area contributed by atoms with Crippen LogP contribution in [0, 0.1) is 0 Å². The van der Waals surface area contributed by atoms with E-state index in [1.807, 2.05) is 0 Å². The Labute approximate surface area is 408 Å². The molecule has 1 aliphatic carbocycles. The monoisotopic (exact) mass is 895 g/mol. The predicted octanol–water partition coefficient (Wildman–Crippen LogP) is 18.3. The van der Waals surface area contributed by atoms with Gasteiger partial charge in [-0.2, -0.15) is 0 Å². The number of aromatic nitrogens is 2. The van der Waals surface area contributed by atoms with Crippen molar-refractivity contribution in [3.05, 3.63) is 248 Å². The zero-order valence-corrected chi connectivity index (χ0v) is 39.3. The Morgan fingerprint density at radius 1 is 0.371 bits per heavy atom. The van der Waals surface area contributed by atoms with Crippen LogP contribution >= 0.6 is 0 Å². The number of hydrogen-bond acceptors (Lipinski definition) is 1. The van der Waals surface area contributed by atoms with Gasteiger partial charge >= 0.3 is 0 Å². The topological polar surface area (TPSA) is 13.1 Å². The molecular formula is C67H49N3. The van der Waals surface area contributed by atoms with Gasteiger partial charge in [-0.05, 0) is 165 Å².